The van der Waals surface area contributed by atoms with Gasteiger partial charge in [0.05, 0.1) is 18.3 Å². The zero-order valence-corrected chi connectivity index (χ0v) is 15.0. The number of esters is 1. The Bertz CT molecular complexity index is 530. The van der Waals surface area contributed by atoms with Gasteiger partial charge in [0, 0.05) is 22.5 Å². The Balaban J connectivity index is 1.78. The summed E-state index contributed by atoms with van der Waals surface area (Å²) in [6, 6.07) is 7.88. The summed E-state index contributed by atoms with van der Waals surface area (Å²) in [5, 5.41) is 0. The second-order valence-corrected chi connectivity index (χ2v) is 7.00. The normalized spacial score (nSPS) is 15.6. The van der Waals surface area contributed by atoms with Crippen molar-refractivity contribution in [3.8, 4) is 0 Å². The first-order valence-electron chi connectivity index (χ1n) is 7.43. The van der Waals surface area contributed by atoms with Crippen molar-refractivity contribution in [1.29, 1.82) is 0 Å². The summed E-state index contributed by atoms with van der Waals surface area (Å²) in [7, 11) is 0. The highest BCUT2D eigenvalue weighted by Crippen LogP contribution is 2.27. The van der Waals surface area contributed by atoms with Gasteiger partial charge in [-0.2, -0.15) is 0 Å². The first-order valence-corrected chi connectivity index (χ1v) is 9.21. The van der Waals surface area contributed by atoms with Crippen LogP contribution in [-0.2, 0) is 14.3 Å². The van der Waals surface area contributed by atoms with Crippen LogP contribution in [0.1, 0.15) is 19.8 Å². The summed E-state index contributed by atoms with van der Waals surface area (Å²) >= 11 is 5.02. The molecule has 1 amide bonds. The van der Waals surface area contributed by atoms with Crippen molar-refractivity contribution in [2.75, 3.05) is 25.4 Å². The maximum Gasteiger partial charge on any atom is 0.309 e. The Morgan fingerprint density at radius 3 is 2.64 bits per heavy atom. The van der Waals surface area contributed by atoms with Gasteiger partial charge in [-0.3, -0.25) is 9.59 Å². The molecule has 0 atom stereocenters. The van der Waals surface area contributed by atoms with Crippen LogP contribution >= 0.6 is 27.7 Å². The molecule has 0 N–H and O–H groups in total. The number of carbonyl (C=O) groups excluding carboxylic acids is 2. The number of thioether (sulfide) groups is 1. The van der Waals surface area contributed by atoms with E-state index < -0.39 is 0 Å². The Hall–Kier alpha value is -1.01. The maximum absolute atomic E-state index is 12.3. The molecule has 1 heterocycles. The van der Waals surface area contributed by atoms with Crippen LogP contribution in [0, 0.1) is 5.92 Å². The molecule has 0 aliphatic carbocycles. The highest BCUT2D eigenvalue weighted by Gasteiger charge is 2.28. The zero-order valence-electron chi connectivity index (χ0n) is 12.6. The van der Waals surface area contributed by atoms with Crippen LogP contribution in [0.3, 0.4) is 0 Å². The van der Waals surface area contributed by atoms with Gasteiger partial charge >= 0.3 is 5.97 Å². The van der Waals surface area contributed by atoms with Crippen LogP contribution in [0.25, 0.3) is 0 Å². The largest absolute Gasteiger partial charge is 0.466 e. The molecule has 1 aliphatic heterocycles. The first-order chi connectivity index (χ1) is 10.6. The first kappa shape index (κ1) is 17.3. The van der Waals surface area contributed by atoms with Crippen molar-refractivity contribution >= 4 is 39.6 Å². The molecule has 120 valence electrons. The van der Waals surface area contributed by atoms with E-state index in [0.717, 1.165) is 9.37 Å². The highest BCUT2D eigenvalue weighted by molar-refractivity contribution is 9.10. The van der Waals surface area contributed by atoms with Gasteiger partial charge in [-0.1, -0.05) is 12.1 Å². The molecule has 4 nitrogen and oxygen atoms in total. The Morgan fingerprint density at radius 2 is 2.00 bits per heavy atom. The van der Waals surface area contributed by atoms with E-state index >= 15 is 0 Å². The molecule has 0 aromatic heterocycles. The molecule has 6 heteroatoms. The van der Waals surface area contributed by atoms with E-state index in [4.69, 9.17) is 4.74 Å². The van der Waals surface area contributed by atoms with Crippen molar-refractivity contribution in [1.82, 2.24) is 4.90 Å². The summed E-state index contributed by atoms with van der Waals surface area (Å²) in [6.07, 6.45) is 1.40. The van der Waals surface area contributed by atoms with E-state index in [0.29, 0.717) is 38.3 Å². The lowest BCUT2D eigenvalue weighted by atomic mass is 9.97. The van der Waals surface area contributed by atoms with E-state index in [-0.39, 0.29) is 17.8 Å². The molecule has 0 bridgehead atoms. The van der Waals surface area contributed by atoms with Gasteiger partial charge in [0.25, 0.3) is 0 Å². The minimum absolute atomic E-state index is 0.0556. The van der Waals surface area contributed by atoms with Crippen LogP contribution in [0.15, 0.2) is 33.6 Å². The van der Waals surface area contributed by atoms with Gasteiger partial charge in [0.15, 0.2) is 0 Å². The van der Waals surface area contributed by atoms with E-state index in [1.807, 2.05) is 36.1 Å². The summed E-state index contributed by atoms with van der Waals surface area (Å²) in [6.45, 7) is 3.51. The van der Waals surface area contributed by atoms with Crippen LogP contribution in [0.2, 0.25) is 0 Å². The van der Waals surface area contributed by atoms with Gasteiger partial charge in [-0.15, -0.1) is 11.8 Å². The SMILES string of the molecule is CCOC(=O)C1CCN(C(=O)CSc2ccccc2Br)CC1. The Morgan fingerprint density at radius 1 is 1.32 bits per heavy atom. The van der Waals surface area contributed by atoms with Gasteiger partial charge in [-0.25, -0.2) is 0 Å². The van der Waals surface area contributed by atoms with E-state index in [9.17, 15) is 9.59 Å². The number of ether oxygens (including phenoxy) is 1. The monoisotopic (exact) mass is 385 g/mol. The van der Waals surface area contributed by atoms with Crippen LogP contribution < -0.4 is 0 Å². The molecular formula is C16H20BrNO3S. The minimum Gasteiger partial charge on any atom is -0.466 e. The third kappa shape index (κ3) is 4.74. The molecule has 2 rings (SSSR count). The number of rotatable bonds is 5. The number of carbonyl (C=O) groups is 2. The second kappa shape index (κ2) is 8.58. The molecule has 0 unspecified atom stereocenters. The third-order valence-corrected chi connectivity index (χ3v) is 5.67. The average molecular weight is 386 g/mol. The lowest BCUT2D eigenvalue weighted by Crippen LogP contribution is -2.41. The third-order valence-electron chi connectivity index (χ3n) is 3.66. The van der Waals surface area contributed by atoms with Gasteiger partial charge < -0.3 is 9.64 Å². The molecule has 22 heavy (non-hydrogen) atoms. The molecular weight excluding hydrogens is 366 g/mol. The fraction of sp³-hybridized carbons (Fsp3) is 0.500. The van der Waals surface area contributed by atoms with Crippen molar-refractivity contribution in [3.63, 3.8) is 0 Å². The molecule has 0 radical (unpaired) electrons. The molecule has 0 spiro atoms. The Labute approximate surface area is 143 Å². The lowest BCUT2D eigenvalue weighted by Gasteiger charge is -2.30. The van der Waals surface area contributed by atoms with Crippen molar-refractivity contribution in [3.05, 3.63) is 28.7 Å². The van der Waals surface area contributed by atoms with Crippen LogP contribution in [-0.4, -0.2) is 42.2 Å². The number of piperidine rings is 1. The number of hydrogen-bond donors (Lipinski definition) is 0. The summed E-state index contributed by atoms with van der Waals surface area (Å²) < 4.78 is 6.05. The number of nitrogens with zero attached hydrogens (tertiary/aromatic N) is 1. The van der Waals surface area contributed by atoms with E-state index in [1.54, 1.807) is 0 Å². The predicted molar refractivity (Wildman–Crippen MR) is 90.8 cm³/mol. The minimum atomic E-state index is -0.128. The maximum atomic E-state index is 12.3. The quantitative estimate of drug-likeness (QED) is 0.575. The number of likely N-dealkylation sites (tertiary alicyclic amines) is 1. The number of hydrogen-bond acceptors (Lipinski definition) is 4. The average Bonchev–Trinajstić information content (AvgIpc) is 2.54. The summed E-state index contributed by atoms with van der Waals surface area (Å²) in [5.74, 6) is 0.368. The number of amides is 1. The number of halogens is 1. The van der Waals surface area contributed by atoms with Crippen molar-refractivity contribution in [2.45, 2.75) is 24.7 Å². The lowest BCUT2D eigenvalue weighted by molar-refractivity contribution is -0.151. The molecule has 0 saturated carbocycles. The van der Waals surface area contributed by atoms with Crippen molar-refractivity contribution in [2.24, 2.45) is 5.92 Å². The van der Waals surface area contributed by atoms with Crippen LogP contribution in [0.5, 0.6) is 0 Å². The molecule has 1 fully saturated rings. The van der Waals surface area contributed by atoms with Gasteiger partial charge in [0.1, 0.15) is 0 Å². The molecule has 1 aromatic carbocycles. The Kier molecular flexibility index (Phi) is 6.76. The molecule has 1 aliphatic rings. The predicted octanol–water partition coefficient (Wildman–Crippen LogP) is 3.34. The number of benzene rings is 1. The fourth-order valence-electron chi connectivity index (χ4n) is 2.42. The second-order valence-electron chi connectivity index (χ2n) is 5.13. The zero-order chi connectivity index (χ0) is 15.9. The fourth-order valence-corrected chi connectivity index (χ4v) is 3.89. The van der Waals surface area contributed by atoms with E-state index in [1.165, 1.54) is 11.8 Å². The molecule has 1 saturated heterocycles. The van der Waals surface area contributed by atoms with Crippen molar-refractivity contribution < 1.29 is 14.3 Å². The van der Waals surface area contributed by atoms with Crippen LogP contribution in [0.4, 0.5) is 0 Å². The highest BCUT2D eigenvalue weighted by atomic mass is 79.9. The summed E-state index contributed by atoms with van der Waals surface area (Å²) in [5.41, 5.74) is 0. The van der Waals surface area contributed by atoms with E-state index in [2.05, 4.69) is 15.9 Å². The summed E-state index contributed by atoms with van der Waals surface area (Å²) in [4.78, 5) is 26.9. The molecule has 1 aromatic rings. The van der Waals surface area contributed by atoms with Gasteiger partial charge in [-0.05, 0) is 47.8 Å². The topological polar surface area (TPSA) is 46.6 Å². The standard InChI is InChI=1S/C16H20BrNO3S/c1-2-21-16(20)12-7-9-18(10-8-12)15(19)11-22-14-6-4-3-5-13(14)17/h3-6,12H,2,7-11H2,1H3. The smallest absolute Gasteiger partial charge is 0.309 e. The van der Waals surface area contributed by atoms with Gasteiger partial charge in [0.2, 0.25) is 5.91 Å².